The zero-order valence-electron chi connectivity index (χ0n) is 19.7. The Balaban J connectivity index is 0.00000289. The highest BCUT2D eigenvalue weighted by molar-refractivity contribution is 5.95. The molecule has 0 bridgehead atoms. The first-order chi connectivity index (χ1) is 16.4. The van der Waals surface area contributed by atoms with Crippen LogP contribution in [0.2, 0.25) is 0 Å². The third-order valence-corrected chi connectivity index (χ3v) is 6.18. The van der Waals surface area contributed by atoms with Crippen molar-refractivity contribution in [1.29, 1.82) is 0 Å². The van der Waals surface area contributed by atoms with E-state index in [9.17, 15) is 4.79 Å². The minimum Gasteiger partial charge on any atom is -0.368 e. The summed E-state index contributed by atoms with van der Waals surface area (Å²) < 4.78 is 0. The summed E-state index contributed by atoms with van der Waals surface area (Å²) in [6.45, 7) is 9.18. The summed E-state index contributed by atoms with van der Waals surface area (Å²) in [5, 5.41) is 11.0. The van der Waals surface area contributed by atoms with E-state index in [2.05, 4.69) is 59.5 Å². The second kappa shape index (κ2) is 9.74. The minimum absolute atomic E-state index is 0. The topological polar surface area (TPSA) is 90.0 Å². The van der Waals surface area contributed by atoms with Gasteiger partial charge < -0.3 is 15.1 Å². The number of rotatable bonds is 4. The van der Waals surface area contributed by atoms with Crippen LogP contribution in [0.5, 0.6) is 0 Å². The van der Waals surface area contributed by atoms with Crippen LogP contribution in [-0.2, 0) is 4.79 Å². The third kappa shape index (κ3) is 5.11. The molecule has 0 spiro atoms. The molecule has 8 heteroatoms. The average Bonchev–Trinajstić information content (AvgIpc) is 3.38. The van der Waals surface area contributed by atoms with E-state index in [0.717, 1.165) is 65.4 Å². The predicted octanol–water partition coefficient (Wildman–Crippen LogP) is 4.97. The molecule has 0 atom stereocenters. The standard InChI is InChI=1S/C26H29N7O.CH4/c1-26(2,3)25(34)31-20-5-4-6-21(14-20)32-9-11-33(12-10-32)24-22-13-18(19-15-29-30-16-19)7-8-23(22)27-17-28-24;/h4-8,13-17H,9-12H2,1-3H3,(H,29,30)(H,31,34);1H4. The van der Waals surface area contributed by atoms with Crippen LogP contribution in [0.4, 0.5) is 17.2 Å². The van der Waals surface area contributed by atoms with Crippen LogP contribution in [0.3, 0.4) is 0 Å². The second-order valence-corrected chi connectivity index (χ2v) is 9.64. The first-order valence-corrected chi connectivity index (χ1v) is 11.5. The number of hydrogen-bond acceptors (Lipinski definition) is 6. The van der Waals surface area contributed by atoms with E-state index < -0.39 is 5.41 Å². The maximum atomic E-state index is 12.4. The maximum absolute atomic E-state index is 12.4. The minimum atomic E-state index is -0.431. The molecule has 0 aliphatic carbocycles. The van der Waals surface area contributed by atoms with Crippen molar-refractivity contribution in [3.05, 3.63) is 61.2 Å². The number of amides is 1. The monoisotopic (exact) mass is 471 g/mol. The molecule has 0 unspecified atom stereocenters. The van der Waals surface area contributed by atoms with Crippen molar-refractivity contribution in [3.8, 4) is 11.1 Å². The number of piperazine rings is 1. The first kappa shape index (κ1) is 24.2. The summed E-state index contributed by atoms with van der Waals surface area (Å²) in [6.07, 6.45) is 5.35. The van der Waals surface area contributed by atoms with Gasteiger partial charge in [-0.2, -0.15) is 5.10 Å². The van der Waals surface area contributed by atoms with Crippen molar-refractivity contribution in [2.24, 2.45) is 5.41 Å². The molecule has 35 heavy (non-hydrogen) atoms. The van der Waals surface area contributed by atoms with Crippen molar-refractivity contribution < 1.29 is 4.79 Å². The molecular formula is C27H33N7O. The van der Waals surface area contributed by atoms with Gasteiger partial charge in [-0.05, 0) is 35.9 Å². The van der Waals surface area contributed by atoms with Gasteiger partial charge in [0.25, 0.3) is 0 Å². The van der Waals surface area contributed by atoms with Gasteiger partial charge in [0.2, 0.25) is 5.91 Å². The molecule has 4 aromatic rings. The molecular weight excluding hydrogens is 438 g/mol. The largest absolute Gasteiger partial charge is 0.368 e. The second-order valence-electron chi connectivity index (χ2n) is 9.64. The van der Waals surface area contributed by atoms with Crippen LogP contribution in [-0.4, -0.2) is 52.3 Å². The van der Waals surface area contributed by atoms with Crippen LogP contribution in [0.25, 0.3) is 22.0 Å². The fraction of sp³-hybridized carbons (Fsp3) is 0.333. The van der Waals surface area contributed by atoms with Gasteiger partial charge in [0.15, 0.2) is 0 Å². The SMILES string of the molecule is C.CC(C)(C)C(=O)Nc1cccc(N2CCN(c3ncnc4ccc(-c5cn[nH]c5)cc34)CC2)c1. The van der Waals surface area contributed by atoms with Gasteiger partial charge in [0.1, 0.15) is 12.1 Å². The molecule has 2 aromatic carbocycles. The quantitative estimate of drug-likeness (QED) is 0.437. The van der Waals surface area contributed by atoms with Gasteiger partial charge in [-0.3, -0.25) is 9.89 Å². The number of hydrogen-bond donors (Lipinski definition) is 2. The number of nitrogens with one attached hydrogen (secondary N) is 2. The van der Waals surface area contributed by atoms with Crippen LogP contribution in [0, 0.1) is 5.41 Å². The van der Waals surface area contributed by atoms with Crippen LogP contribution in [0.15, 0.2) is 61.2 Å². The Labute approximate surface area is 206 Å². The van der Waals surface area contributed by atoms with E-state index in [0.29, 0.717) is 0 Å². The molecule has 3 heterocycles. The predicted molar refractivity (Wildman–Crippen MR) is 143 cm³/mol. The molecule has 8 nitrogen and oxygen atoms in total. The lowest BCUT2D eigenvalue weighted by Gasteiger charge is -2.37. The number of anilines is 3. The van der Waals surface area contributed by atoms with Gasteiger partial charge in [0.05, 0.1) is 11.7 Å². The molecule has 1 saturated heterocycles. The van der Waals surface area contributed by atoms with Gasteiger partial charge in [-0.15, -0.1) is 0 Å². The van der Waals surface area contributed by atoms with E-state index >= 15 is 0 Å². The number of nitrogens with zero attached hydrogens (tertiary/aromatic N) is 5. The van der Waals surface area contributed by atoms with Gasteiger partial charge >= 0.3 is 0 Å². The number of H-pyrrole nitrogens is 1. The van der Waals surface area contributed by atoms with E-state index in [1.54, 1.807) is 6.33 Å². The highest BCUT2D eigenvalue weighted by Crippen LogP contribution is 2.30. The number of benzene rings is 2. The molecule has 1 amide bonds. The maximum Gasteiger partial charge on any atom is 0.229 e. The van der Waals surface area contributed by atoms with Crippen molar-refractivity contribution in [3.63, 3.8) is 0 Å². The highest BCUT2D eigenvalue weighted by atomic mass is 16.2. The number of carbonyl (C=O) groups is 1. The smallest absolute Gasteiger partial charge is 0.229 e. The molecule has 1 aliphatic rings. The molecule has 182 valence electrons. The molecule has 1 fully saturated rings. The summed E-state index contributed by atoms with van der Waals surface area (Å²) in [7, 11) is 0. The van der Waals surface area contributed by atoms with Gasteiger partial charge in [-0.1, -0.05) is 40.3 Å². The Bertz CT molecular complexity index is 1300. The number of aromatic nitrogens is 4. The van der Waals surface area contributed by atoms with E-state index in [1.165, 1.54) is 0 Å². The highest BCUT2D eigenvalue weighted by Gasteiger charge is 2.23. The molecule has 2 aromatic heterocycles. The molecule has 2 N–H and O–H groups in total. The molecule has 1 aliphatic heterocycles. The molecule has 0 saturated carbocycles. The fourth-order valence-corrected chi connectivity index (χ4v) is 4.16. The van der Waals surface area contributed by atoms with E-state index in [-0.39, 0.29) is 13.3 Å². The Morgan fingerprint density at radius 2 is 1.74 bits per heavy atom. The summed E-state index contributed by atoms with van der Waals surface area (Å²) in [5.74, 6) is 0.973. The van der Waals surface area contributed by atoms with E-state index in [4.69, 9.17) is 0 Å². The average molecular weight is 472 g/mol. The first-order valence-electron chi connectivity index (χ1n) is 11.5. The number of carbonyl (C=O) groups excluding carboxylic acids is 1. The Morgan fingerprint density at radius 3 is 2.46 bits per heavy atom. The zero-order valence-corrected chi connectivity index (χ0v) is 19.7. The summed E-state index contributed by atoms with van der Waals surface area (Å²) >= 11 is 0. The van der Waals surface area contributed by atoms with Crippen LogP contribution >= 0.6 is 0 Å². The normalized spacial score (nSPS) is 14.0. The number of aromatic amines is 1. The molecule has 5 rings (SSSR count). The summed E-state index contributed by atoms with van der Waals surface area (Å²) in [4.78, 5) is 26.2. The van der Waals surface area contributed by atoms with Crippen LogP contribution in [0.1, 0.15) is 28.2 Å². The van der Waals surface area contributed by atoms with Crippen molar-refractivity contribution in [1.82, 2.24) is 20.2 Å². The van der Waals surface area contributed by atoms with E-state index in [1.807, 2.05) is 51.4 Å². The van der Waals surface area contributed by atoms with Gasteiger partial charge in [0, 0.05) is 60.1 Å². The van der Waals surface area contributed by atoms with Crippen molar-refractivity contribution >= 4 is 34.0 Å². The summed E-state index contributed by atoms with van der Waals surface area (Å²) in [5.41, 5.74) is 4.57. The number of fused-ring (bicyclic) bond motifs is 1. The summed E-state index contributed by atoms with van der Waals surface area (Å²) in [6, 6.07) is 14.3. The lowest BCUT2D eigenvalue weighted by molar-refractivity contribution is -0.123. The third-order valence-electron chi connectivity index (χ3n) is 6.18. The van der Waals surface area contributed by atoms with Gasteiger partial charge in [-0.25, -0.2) is 9.97 Å². The van der Waals surface area contributed by atoms with Crippen molar-refractivity contribution in [2.45, 2.75) is 28.2 Å². The Morgan fingerprint density at radius 1 is 0.971 bits per heavy atom. The van der Waals surface area contributed by atoms with Crippen molar-refractivity contribution in [2.75, 3.05) is 41.3 Å². The zero-order chi connectivity index (χ0) is 23.7. The fourth-order valence-electron chi connectivity index (χ4n) is 4.16. The Kier molecular flexibility index (Phi) is 6.73. The Hall–Kier alpha value is -3.94. The lowest BCUT2D eigenvalue weighted by atomic mass is 9.95. The van der Waals surface area contributed by atoms with Crippen LogP contribution < -0.4 is 15.1 Å². The lowest BCUT2D eigenvalue weighted by Crippen LogP contribution is -2.47. The molecule has 0 radical (unpaired) electrons.